The molecule has 3 aromatic carbocycles. The number of hydrogen-bond acceptors (Lipinski definition) is 1. The molecule has 0 amide bonds. The summed E-state index contributed by atoms with van der Waals surface area (Å²) in [7, 11) is 4.06. The topological polar surface area (TPSA) is 3.24 Å². The molecule has 1 heteroatoms. The highest BCUT2D eigenvalue weighted by molar-refractivity contribution is 5.51. The zero-order chi connectivity index (χ0) is 17.5. The van der Waals surface area contributed by atoms with E-state index in [0.717, 1.165) is 22.3 Å². The second-order valence-corrected chi connectivity index (χ2v) is 5.88. The van der Waals surface area contributed by atoms with Crippen molar-refractivity contribution in [2.24, 2.45) is 0 Å². The number of benzene rings is 3. The number of hydrogen-bond donors (Lipinski definition) is 0. The van der Waals surface area contributed by atoms with Crippen molar-refractivity contribution in [3.63, 3.8) is 0 Å². The summed E-state index contributed by atoms with van der Waals surface area (Å²) in [6.45, 7) is 0. The molecule has 1 nitrogen and oxygen atoms in total. The summed E-state index contributed by atoms with van der Waals surface area (Å²) in [5.74, 6) is 12.7. The van der Waals surface area contributed by atoms with Gasteiger partial charge in [0, 0.05) is 42.0 Å². The van der Waals surface area contributed by atoms with E-state index in [0.29, 0.717) is 0 Å². The van der Waals surface area contributed by atoms with Crippen molar-refractivity contribution < 1.29 is 0 Å². The summed E-state index contributed by atoms with van der Waals surface area (Å²) in [5.41, 5.74) is 5.18. The lowest BCUT2D eigenvalue weighted by Crippen LogP contribution is -2.07. The molecule has 0 saturated heterocycles. The second kappa shape index (κ2) is 7.91. The minimum Gasteiger partial charge on any atom is -0.378 e. The molecule has 0 heterocycles. The highest BCUT2D eigenvalue weighted by Crippen LogP contribution is 2.11. The van der Waals surface area contributed by atoms with Gasteiger partial charge in [0.25, 0.3) is 0 Å². The molecule has 0 fully saturated rings. The molecule has 3 aromatic rings. The van der Waals surface area contributed by atoms with Gasteiger partial charge in [0.15, 0.2) is 0 Å². The lowest BCUT2D eigenvalue weighted by atomic mass is 10.1. The van der Waals surface area contributed by atoms with E-state index in [-0.39, 0.29) is 0 Å². The summed E-state index contributed by atoms with van der Waals surface area (Å²) in [4.78, 5) is 2.08. The smallest absolute Gasteiger partial charge is 0.0361 e. The SMILES string of the molecule is CN(C)c1ccc(C#Cc2ccc(C#Cc3ccccc3)cc2)cc1. The first-order valence-corrected chi connectivity index (χ1v) is 8.17. The van der Waals surface area contributed by atoms with Gasteiger partial charge in [-0.1, -0.05) is 41.9 Å². The summed E-state index contributed by atoms with van der Waals surface area (Å²) in [5, 5.41) is 0. The van der Waals surface area contributed by atoms with Crippen molar-refractivity contribution in [2.45, 2.75) is 0 Å². The maximum Gasteiger partial charge on any atom is 0.0361 e. The van der Waals surface area contributed by atoms with Crippen LogP contribution in [0.5, 0.6) is 0 Å². The maximum atomic E-state index is 3.20. The largest absolute Gasteiger partial charge is 0.378 e. The molecule has 120 valence electrons. The molecule has 0 aliphatic rings. The normalized spacial score (nSPS) is 9.36. The van der Waals surface area contributed by atoms with Crippen LogP contribution in [0.1, 0.15) is 22.3 Å². The van der Waals surface area contributed by atoms with Crippen LogP contribution in [0.25, 0.3) is 0 Å². The quantitative estimate of drug-likeness (QED) is 0.594. The molecule has 0 unspecified atom stereocenters. The predicted octanol–water partition coefficient (Wildman–Crippen LogP) is 4.55. The van der Waals surface area contributed by atoms with Crippen LogP contribution < -0.4 is 4.90 Å². The average Bonchev–Trinajstić information content (AvgIpc) is 2.67. The third-order valence-electron chi connectivity index (χ3n) is 3.74. The third kappa shape index (κ3) is 4.77. The van der Waals surface area contributed by atoms with E-state index in [2.05, 4.69) is 40.7 Å². The van der Waals surface area contributed by atoms with E-state index in [1.807, 2.05) is 80.8 Å². The van der Waals surface area contributed by atoms with Crippen molar-refractivity contribution >= 4 is 5.69 Å². The molecule has 0 aromatic heterocycles. The standard InChI is InChI=1S/C24H19N/c1-25(2)24-18-16-23(17-19-24)15-14-22-12-10-21(11-13-22)9-8-20-6-4-3-5-7-20/h3-7,10-13,16-19H,1-2H3. The van der Waals surface area contributed by atoms with Crippen LogP contribution in [-0.2, 0) is 0 Å². The summed E-state index contributed by atoms with van der Waals surface area (Å²) >= 11 is 0. The van der Waals surface area contributed by atoms with Gasteiger partial charge in [-0.05, 0) is 60.7 Å². The summed E-state index contributed by atoms with van der Waals surface area (Å²) in [6, 6.07) is 26.3. The maximum absolute atomic E-state index is 3.20. The van der Waals surface area contributed by atoms with Crippen molar-refractivity contribution in [1.29, 1.82) is 0 Å². The highest BCUT2D eigenvalue weighted by Gasteiger charge is 1.94. The molecule has 3 rings (SSSR count). The first-order valence-electron chi connectivity index (χ1n) is 8.17. The Labute approximate surface area is 149 Å². The minimum absolute atomic E-state index is 0.988. The van der Waals surface area contributed by atoms with E-state index >= 15 is 0 Å². The van der Waals surface area contributed by atoms with Gasteiger partial charge in [-0.3, -0.25) is 0 Å². The van der Waals surface area contributed by atoms with Crippen molar-refractivity contribution in [1.82, 2.24) is 0 Å². The molecule has 0 bridgehead atoms. The number of anilines is 1. The Bertz CT molecular complexity index is 942. The Morgan fingerprint density at radius 2 is 0.840 bits per heavy atom. The van der Waals surface area contributed by atoms with Crippen LogP contribution in [0, 0.1) is 23.7 Å². The van der Waals surface area contributed by atoms with Crippen LogP contribution in [0.2, 0.25) is 0 Å². The van der Waals surface area contributed by atoms with Crippen LogP contribution in [0.3, 0.4) is 0 Å². The van der Waals surface area contributed by atoms with Gasteiger partial charge in [0.1, 0.15) is 0 Å². The van der Waals surface area contributed by atoms with Gasteiger partial charge in [0.05, 0.1) is 0 Å². The highest BCUT2D eigenvalue weighted by atomic mass is 15.1. The predicted molar refractivity (Wildman–Crippen MR) is 106 cm³/mol. The van der Waals surface area contributed by atoms with Crippen LogP contribution in [-0.4, -0.2) is 14.1 Å². The molecule has 0 N–H and O–H groups in total. The zero-order valence-electron chi connectivity index (χ0n) is 14.5. The van der Waals surface area contributed by atoms with Gasteiger partial charge >= 0.3 is 0 Å². The van der Waals surface area contributed by atoms with Crippen LogP contribution >= 0.6 is 0 Å². The number of nitrogens with zero attached hydrogens (tertiary/aromatic N) is 1. The number of rotatable bonds is 1. The molecule has 0 atom stereocenters. The molecular formula is C24H19N. The molecule has 0 aliphatic carbocycles. The van der Waals surface area contributed by atoms with Crippen molar-refractivity contribution in [2.75, 3.05) is 19.0 Å². The van der Waals surface area contributed by atoms with Gasteiger partial charge in [-0.25, -0.2) is 0 Å². The van der Waals surface area contributed by atoms with Gasteiger partial charge in [-0.15, -0.1) is 0 Å². The Morgan fingerprint density at radius 3 is 1.24 bits per heavy atom. The first kappa shape index (κ1) is 16.4. The first-order chi connectivity index (χ1) is 12.2. The average molecular weight is 321 g/mol. The van der Waals surface area contributed by atoms with Gasteiger partial charge < -0.3 is 4.90 Å². The Kier molecular flexibility index (Phi) is 5.20. The fourth-order valence-corrected chi connectivity index (χ4v) is 2.29. The van der Waals surface area contributed by atoms with Gasteiger partial charge in [0.2, 0.25) is 0 Å². The molecule has 0 aliphatic heterocycles. The molecule has 0 radical (unpaired) electrons. The Balaban J connectivity index is 1.70. The van der Waals surface area contributed by atoms with E-state index < -0.39 is 0 Å². The van der Waals surface area contributed by atoms with Crippen molar-refractivity contribution in [3.8, 4) is 23.7 Å². The summed E-state index contributed by atoms with van der Waals surface area (Å²) < 4.78 is 0. The Hall–Kier alpha value is -3.42. The fraction of sp³-hybridized carbons (Fsp3) is 0.0833. The van der Waals surface area contributed by atoms with E-state index in [1.165, 1.54) is 5.69 Å². The molecule has 0 spiro atoms. The molecule has 0 saturated carbocycles. The lowest BCUT2D eigenvalue weighted by molar-refractivity contribution is 1.13. The van der Waals surface area contributed by atoms with E-state index in [4.69, 9.17) is 0 Å². The van der Waals surface area contributed by atoms with Crippen molar-refractivity contribution in [3.05, 3.63) is 101 Å². The lowest BCUT2D eigenvalue weighted by Gasteiger charge is -2.11. The fourth-order valence-electron chi connectivity index (χ4n) is 2.29. The molecule has 25 heavy (non-hydrogen) atoms. The monoisotopic (exact) mass is 321 g/mol. The molecular weight excluding hydrogens is 302 g/mol. The van der Waals surface area contributed by atoms with E-state index in [1.54, 1.807) is 0 Å². The minimum atomic E-state index is 0.988. The second-order valence-electron chi connectivity index (χ2n) is 5.88. The Morgan fingerprint density at radius 1 is 0.480 bits per heavy atom. The summed E-state index contributed by atoms with van der Waals surface area (Å²) in [6.07, 6.45) is 0. The van der Waals surface area contributed by atoms with Gasteiger partial charge in [-0.2, -0.15) is 0 Å². The third-order valence-corrected chi connectivity index (χ3v) is 3.74. The van der Waals surface area contributed by atoms with Crippen LogP contribution in [0.4, 0.5) is 5.69 Å². The zero-order valence-corrected chi connectivity index (χ0v) is 14.5. The van der Waals surface area contributed by atoms with Crippen LogP contribution in [0.15, 0.2) is 78.9 Å². The van der Waals surface area contributed by atoms with E-state index in [9.17, 15) is 0 Å².